The third kappa shape index (κ3) is 6.77. The third-order valence-electron chi connectivity index (χ3n) is 1.91. The Bertz CT molecular complexity index is 162. The molecule has 1 atom stereocenters. The van der Waals surface area contributed by atoms with Crippen molar-refractivity contribution < 1.29 is 20.1 Å². The van der Waals surface area contributed by atoms with Crippen LogP contribution in [0.3, 0.4) is 0 Å². The number of nitrogens with zero attached hydrogens (tertiary/aromatic N) is 1. The summed E-state index contributed by atoms with van der Waals surface area (Å²) in [6.07, 6.45) is -0.596. The Morgan fingerprint density at radius 3 is 2.27 bits per heavy atom. The van der Waals surface area contributed by atoms with E-state index in [1.54, 1.807) is 0 Å². The summed E-state index contributed by atoms with van der Waals surface area (Å²) in [6.45, 7) is -0.0575. The summed E-state index contributed by atoms with van der Waals surface area (Å²) in [4.78, 5) is 1.84. The van der Waals surface area contributed by atoms with Gasteiger partial charge in [0.05, 0.1) is 38.1 Å². The van der Waals surface area contributed by atoms with E-state index in [0.717, 1.165) is 0 Å². The summed E-state index contributed by atoms with van der Waals surface area (Å²) in [5.41, 5.74) is 4.44. The lowest BCUT2D eigenvalue weighted by Gasteiger charge is -2.25. The molecule has 1 unspecified atom stereocenters. The average Bonchev–Trinajstić information content (AvgIpc) is 2.16. The van der Waals surface area contributed by atoms with E-state index in [-0.39, 0.29) is 26.4 Å². The lowest BCUT2D eigenvalue weighted by atomic mass is 10.1. The van der Waals surface area contributed by atoms with Crippen LogP contribution in [0.4, 0.5) is 0 Å². The fraction of sp³-hybridized carbons (Fsp3) is 1.00. The number of hydrogen-bond donors (Lipinski definition) is 4. The van der Waals surface area contributed by atoms with E-state index in [1.807, 2.05) is 19.0 Å². The van der Waals surface area contributed by atoms with E-state index in [1.165, 1.54) is 0 Å². The van der Waals surface area contributed by atoms with Crippen LogP contribution in [0, 0.1) is 0 Å². The standard InChI is InChI=1S/C9H22N2O4/c1-11(2)3-8(14)4-15-7-9(10,5-12)6-13/h8,12-14H,3-7,10H2,1-2H3. The highest BCUT2D eigenvalue weighted by Gasteiger charge is 2.23. The van der Waals surface area contributed by atoms with Gasteiger partial charge in [0.1, 0.15) is 0 Å². The molecule has 0 aliphatic carbocycles. The molecule has 0 heterocycles. The van der Waals surface area contributed by atoms with Crippen LogP contribution < -0.4 is 5.73 Å². The number of nitrogens with two attached hydrogens (primary N) is 1. The van der Waals surface area contributed by atoms with Crippen LogP contribution in [0.5, 0.6) is 0 Å². The Morgan fingerprint density at radius 1 is 1.33 bits per heavy atom. The second-order valence-electron chi connectivity index (χ2n) is 4.11. The minimum absolute atomic E-state index is 0.0183. The van der Waals surface area contributed by atoms with Gasteiger partial charge in [0, 0.05) is 6.54 Å². The van der Waals surface area contributed by atoms with Gasteiger partial charge in [-0.15, -0.1) is 0 Å². The molecule has 6 nitrogen and oxygen atoms in total. The molecule has 5 N–H and O–H groups in total. The highest BCUT2D eigenvalue weighted by atomic mass is 16.5. The summed E-state index contributed by atoms with van der Waals surface area (Å²) < 4.78 is 5.12. The molecule has 15 heavy (non-hydrogen) atoms. The van der Waals surface area contributed by atoms with Crippen LogP contribution in [0.1, 0.15) is 0 Å². The first kappa shape index (κ1) is 14.8. The van der Waals surface area contributed by atoms with Crippen LogP contribution in [0.15, 0.2) is 0 Å². The number of likely N-dealkylation sites (N-methyl/N-ethyl adjacent to an activating group) is 1. The largest absolute Gasteiger partial charge is 0.394 e. The fourth-order valence-corrected chi connectivity index (χ4v) is 1.01. The fourth-order valence-electron chi connectivity index (χ4n) is 1.01. The molecular formula is C9H22N2O4. The summed E-state index contributed by atoms with van der Waals surface area (Å²) in [5, 5.41) is 27.1. The lowest BCUT2D eigenvalue weighted by molar-refractivity contribution is -0.0180. The van der Waals surface area contributed by atoms with Crippen molar-refractivity contribution in [3.63, 3.8) is 0 Å². The van der Waals surface area contributed by atoms with Crippen molar-refractivity contribution in [3.8, 4) is 0 Å². The topological polar surface area (TPSA) is 99.2 Å². The Balaban J connectivity index is 3.68. The minimum atomic E-state index is -1.13. The van der Waals surface area contributed by atoms with Crippen LogP contribution in [-0.2, 0) is 4.74 Å². The van der Waals surface area contributed by atoms with Gasteiger partial charge in [-0.2, -0.15) is 0 Å². The predicted molar refractivity (Wildman–Crippen MR) is 56.5 cm³/mol. The normalized spacial score (nSPS) is 14.6. The van der Waals surface area contributed by atoms with Crippen molar-refractivity contribution in [2.75, 3.05) is 47.1 Å². The Hall–Kier alpha value is -0.240. The SMILES string of the molecule is CN(C)CC(O)COCC(N)(CO)CO. The van der Waals surface area contributed by atoms with Gasteiger partial charge in [-0.1, -0.05) is 0 Å². The second-order valence-corrected chi connectivity index (χ2v) is 4.11. The zero-order chi connectivity index (χ0) is 11.9. The maximum atomic E-state index is 9.43. The van der Waals surface area contributed by atoms with Crippen molar-refractivity contribution in [2.24, 2.45) is 5.73 Å². The van der Waals surface area contributed by atoms with Gasteiger partial charge >= 0.3 is 0 Å². The Kier molecular flexibility index (Phi) is 6.99. The summed E-state index contributed by atoms with van der Waals surface area (Å²) in [6, 6.07) is 0. The van der Waals surface area contributed by atoms with Crippen LogP contribution >= 0.6 is 0 Å². The highest BCUT2D eigenvalue weighted by Crippen LogP contribution is 1.99. The third-order valence-corrected chi connectivity index (χ3v) is 1.91. The molecule has 0 saturated carbocycles. The smallest absolute Gasteiger partial charge is 0.0899 e. The van der Waals surface area contributed by atoms with Crippen molar-refractivity contribution in [2.45, 2.75) is 11.6 Å². The van der Waals surface area contributed by atoms with E-state index in [9.17, 15) is 5.11 Å². The van der Waals surface area contributed by atoms with Crippen molar-refractivity contribution >= 4 is 0 Å². The Morgan fingerprint density at radius 2 is 1.87 bits per heavy atom. The zero-order valence-corrected chi connectivity index (χ0v) is 9.39. The first-order valence-corrected chi connectivity index (χ1v) is 4.84. The molecule has 6 heteroatoms. The molecule has 92 valence electrons. The molecule has 0 amide bonds. The molecule has 0 aromatic carbocycles. The van der Waals surface area contributed by atoms with Crippen LogP contribution in [0.25, 0.3) is 0 Å². The first-order valence-electron chi connectivity index (χ1n) is 4.84. The maximum Gasteiger partial charge on any atom is 0.0899 e. The van der Waals surface area contributed by atoms with E-state index < -0.39 is 11.6 Å². The van der Waals surface area contributed by atoms with Gasteiger partial charge in [-0.25, -0.2) is 0 Å². The van der Waals surface area contributed by atoms with Crippen LogP contribution in [-0.4, -0.2) is 78.9 Å². The van der Waals surface area contributed by atoms with E-state index in [4.69, 9.17) is 20.7 Å². The molecular weight excluding hydrogens is 200 g/mol. The molecule has 0 radical (unpaired) electrons. The molecule has 0 aromatic heterocycles. The van der Waals surface area contributed by atoms with Gasteiger partial charge in [0.2, 0.25) is 0 Å². The quantitative estimate of drug-likeness (QED) is 0.366. The Labute approximate surface area is 90.3 Å². The van der Waals surface area contributed by atoms with Gasteiger partial charge in [0.25, 0.3) is 0 Å². The number of hydrogen-bond acceptors (Lipinski definition) is 6. The molecule has 0 saturated heterocycles. The van der Waals surface area contributed by atoms with Crippen molar-refractivity contribution in [1.82, 2.24) is 4.90 Å². The monoisotopic (exact) mass is 222 g/mol. The van der Waals surface area contributed by atoms with E-state index in [2.05, 4.69) is 0 Å². The molecule has 0 rings (SSSR count). The zero-order valence-electron chi connectivity index (χ0n) is 9.39. The molecule has 0 bridgehead atoms. The molecule has 0 aliphatic heterocycles. The molecule has 0 fully saturated rings. The van der Waals surface area contributed by atoms with Gasteiger partial charge < -0.3 is 30.7 Å². The number of aliphatic hydroxyl groups is 3. The summed E-state index contributed by atoms with van der Waals surface area (Å²) >= 11 is 0. The second kappa shape index (κ2) is 7.10. The lowest BCUT2D eigenvalue weighted by Crippen LogP contribution is -2.52. The minimum Gasteiger partial charge on any atom is -0.394 e. The van der Waals surface area contributed by atoms with Crippen molar-refractivity contribution in [1.29, 1.82) is 0 Å². The number of aliphatic hydroxyl groups excluding tert-OH is 3. The van der Waals surface area contributed by atoms with E-state index in [0.29, 0.717) is 6.54 Å². The summed E-state index contributed by atoms with van der Waals surface area (Å²) in [5.74, 6) is 0. The van der Waals surface area contributed by atoms with Gasteiger partial charge in [-0.05, 0) is 14.1 Å². The highest BCUT2D eigenvalue weighted by molar-refractivity contribution is 4.82. The van der Waals surface area contributed by atoms with Crippen LogP contribution in [0.2, 0.25) is 0 Å². The van der Waals surface area contributed by atoms with Gasteiger partial charge in [-0.3, -0.25) is 0 Å². The average molecular weight is 222 g/mol. The first-order chi connectivity index (χ1) is 6.93. The molecule has 0 aliphatic rings. The molecule has 0 spiro atoms. The van der Waals surface area contributed by atoms with Crippen molar-refractivity contribution in [3.05, 3.63) is 0 Å². The molecule has 0 aromatic rings. The number of rotatable bonds is 8. The maximum absolute atomic E-state index is 9.43. The van der Waals surface area contributed by atoms with Gasteiger partial charge in [0.15, 0.2) is 0 Å². The number of ether oxygens (including phenoxy) is 1. The summed E-state index contributed by atoms with van der Waals surface area (Å²) in [7, 11) is 3.69. The predicted octanol–water partition coefficient (Wildman–Crippen LogP) is -2.39. The van der Waals surface area contributed by atoms with E-state index >= 15 is 0 Å².